The third kappa shape index (κ3) is 2.77. The fourth-order valence-corrected chi connectivity index (χ4v) is 3.98. The average molecular weight is 266 g/mol. The monoisotopic (exact) mass is 266 g/mol. The summed E-state index contributed by atoms with van der Waals surface area (Å²) in [7, 11) is 2.21. The minimum absolute atomic E-state index is 0.0997. The van der Waals surface area contributed by atoms with Gasteiger partial charge in [0.15, 0.2) is 0 Å². The van der Waals surface area contributed by atoms with E-state index in [1.165, 1.54) is 24.3 Å². The number of likely N-dealkylation sites (N-methyl/N-ethyl adjacent to an activating group) is 1. The van der Waals surface area contributed by atoms with Crippen molar-refractivity contribution in [2.75, 3.05) is 39.8 Å². The van der Waals surface area contributed by atoms with Crippen LogP contribution in [0.25, 0.3) is 0 Å². The van der Waals surface area contributed by atoms with Crippen molar-refractivity contribution in [1.82, 2.24) is 9.80 Å². The van der Waals surface area contributed by atoms with Crippen molar-refractivity contribution in [3.8, 4) is 0 Å². The van der Waals surface area contributed by atoms with Crippen LogP contribution in [0.1, 0.15) is 17.7 Å². The Morgan fingerprint density at radius 3 is 3.11 bits per heavy atom. The highest BCUT2D eigenvalue weighted by molar-refractivity contribution is 7.09. The molecule has 100 valence electrons. The SMILES string of the molecule is CN1CCOC2(CCCN(Cc3cccs3)C2)C1. The van der Waals surface area contributed by atoms with E-state index in [0.29, 0.717) is 0 Å². The minimum atomic E-state index is 0.0997. The summed E-state index contributed by atoms with van der Waals surface area (Å²) in [5.74, 6) is 0. The Hall–Kier alpha value is -0.420. The summed E-state index contributed by atoms with van der Waals surface area (Å²) >= 11 is 1.86. The van der Waals surface area contributed by atoms with Crippen molar-refractivity contribution in [3.63, 3.8) is 0 Å². The zero-order valence-corrected chi connectivity index (χ0v) is 11.9. The van der Waals surface area contributed by atoms with Crippen LogP contribution in [0.4, 0.5) is 0 Å². The smallest absolute Gasteiger partial charge is 0.0935 e. The number of hydrogen-bond donors (Lipinski definition) is 0. The van der Waals surface area contributed by atoms with Crippen molar-refractivity contribution in [2.45, 2.75) is 25.0 Å². The van der Waals surface area contributed by atoms with Gasteiger partial charge in [-0.3, -0.25) is 4.90 Å². The molecule has 0 N–H and O–H groups in total. The van der Waals surface area contributed by atoms with Crippen LogP contribution in [0, 0.1) is 0 Å². The van der Waals surface area contributed by atoms with Gasteiger partial charge in [-0.25, -0.2) is 0 Å². The van der Waals surface area contributed by atoms with E-state index in [-0.39, 0.29) is 5.60 Å². The van der Waals surface area contributed by atoms with Crippen molar-refractivity contribution in [2.24, 2.45) is 0 Å². The molecule has 0 radical (unpaired) electrons. The molecule has 18 heavy (non-hydrogen) atoms. The fourth-order valence-electron chi connectivity index (χ4n) is 3.23. The van der Waals surface area contributed by atoms with Crippen LogP contribution in [-0.2, 0) is 11.3 Å². The van der Waals surface area contributed by atoms with Gasteiger partial charge in [0.05, 0.1) is 12.2 Å². The number of piperidine rings is 1. The highest BCUT2D eigenvalue weighted by Gasteiger charge is 2.39. The van der Waals surface area contributed by atoms with E-state index >= 15 is 0 Å². The summed E-state index contributed by atoms with van der Waals surface area (Å²) in [5.41, 5.74) is 0.0997. The molecule has 2 aliphatic heterocycles. The van der Waals surface area contributed by atoms with Crippen LogP contribution in [0.2, 0.25) is 0 Å². The van der Waals surface area contributed by atoms with E-state index in [1.807, 2.05) is 11.3 Å². The number of rotatable bonds is 2. The van der Waals surface area contributed by atoms with Crippen molar-refractivity contribution in [3.05, 3.63) is 22.4 Å². The standard InChI is InChI=1S/C14H22N2OS/c1-15-7-8-17-14(11-15)5-3-6-16(12-14)10-13-4-2-9-18-13/h2,4,9H,3,5-8,10-12H2,1H3. The van der Waals surface area contributed by atoms with Gasteiger partial charge in [-0.1, -0.05) is 6.07 Å². The lowest BCUT2D eigenvalue weighted by molar-refractivity contribution is -0.136. The number of hydrogen-bond acceptors (Lipinski definition) is 4. The van der Waals surface area contributed by atoms with Gasteiger partial charge in [-0.05, 0) is 37.9 Å². The molecule has 4 heteroatoms. The van der Waals surface area contributed by atoms with Crippen molar-refractivity contribution >= 4 is 11.3 Å². The molecule has 2 aliphatic rings. The third-order valence-corrected chi connectivity index (χ3v) is 4.88. The van der Waals surface area contributed by atoms with E-state index in [4.69, 9.17) is 4.74 Å². The van der Waals surface area contributed by atoms with E-state index in [1.54, 1.807) is 0 Å². The van der Waals surface area contributed by atoms with E-state index in [0.717, 1.165) is 32.8 Å². The molecule has 0 amide bonds. The van der Waals surface area contributed by atoms with Gasteiger partial charge in [0.25, 0.3) is 0 Å². The second-order valence-electron chi connectivity index (χ2n) is 5.66. The lowest BCUT2D eigenvalue weighted by Gasteiger charge is -2.47. The molecule has 3 heterocycles. The van der Waals surface area contributed by atoms with Gasteiger partial charge in [0.1, 0.15) is 0 Å². The third-order valence-electron chi connectivity index (χ3n) is 4.02. The van der Waals surface area contributed by atoms with E-state index in [9.17, 15) is 0 Å². The lowest BCUT2D eigenvalue weighted by Crippen LogP contribution is -2.58. The minimum Gasteiger partial charge on any atom is -0.371 e. The maximum Gasteiger partial charge on any atom is 0.0935 e. The van der Waals surface area contributed by atoms with Crippen LogP contribution in [0.5, 0.6) is 0 Å². The molecule has 1 unspecified atom stereocenters. The molecule has 2 saturated heterocycles. The normalized spacial score (nSPS) is 30.9. The number of morpholine rings is 1. The summed E-state index contributed by atoms with van der Waals surface area (Å²) in [4.78, 5) is 6.45. The van der Waals surface area contributed by atoms with Gasteiger partial charge in [0, 0.05) is 31.1 Å². The first-order valence-electron chi connectivity index (χ1n) is 6.83. The van der Waals surface area contributed by atoms with Gasteiger partial charge in [0.2, 0.25) is 0 Å². The molecule has 1 atom stereocenters. The average Bonchev–Trinajstić information content (AvgIpc) is 2.81. The summed E-state index contributed by atoms with van der Waals surface area (Å²) in [6, 6.07) is 4.38. The van der Waals surface area contributed by atoms with Gasteiger partial charge < -0.3 is 9.64 Å². The summed E-state index contributed by atoms with van der Waals surface area (Å²) < 4.78 is 6.15. The molecular weight excluding hydrogens is 244 g/mol. The molecule has 3 nitrogen and oxygen atoms in total. The summed E-state index contributed by atoms with van der Waals surface area (Å²) in [6.07, 6.45) is 2.48. The van der Waals surface area contributed by atoms with Crippen molar-refractivity contribution in [1.29, 1.82) is 0 Å². The Kier molecular flexibility index (Phi) is 3.71. The lowest BCUT2D eigenvalue weighted by atomic mass is 9.91. The van der Waals surface area contributed by atoms with Gasteiger partial charge in [-0.2, -0.15) is 0 Å². The zero-order valence-electron chi connectivity index (χ0n) is 11.1. The molecular formula is C14H22N2OS. The highest BCUT2D eigenvalue weighted by atomic mass is 32.1. The molecule has 1 aromatic heterocycles. The quantitative estimate of drug-likeness (QED) is 0.815. The Morgan fingerprint density at radius 2 is 2.33 bits per heavy atom. The van der Waals surface area contributed by atoms with E-state index in [2.05, 4.69) is 34.4 Å². The van der Waals surface area contributed by atoms with Crippen LogP contribution in [0.3, 0.4) is 0 Å². The molecule has 0 aliphatic carbocycles. The molecule has 3 rings (SSSR count). The molecule has 0 saturated carbocycles. The highest BCUT2D eigenvalue weighted by Crippen LogP contribution is 2.29. The maximum absolute atomic E-state index is 6.15. The van der Waals surface area contributed by atoms with Gasteiger partial charge in [-0.15, -0.1) is 11.3 Å². The number of thiophene rings is 1. The Morgan fingerprint density at radius 1 is 1.39 bits per heavy atom. The van der Waals surface area contributed by atoms with Gasteiger partial charge >= 0.3 is 0 Å². The topological polar surface area (TPSA) is 15.7 Å². The zero-order chi connectivity index (χ0) is 12.4. The summed E-state index contributed by atoms with van der Waals surface area (Å²) in [6.45, 7) is 6.46. The first-order chi connectivity index (χ1) is 8.76. The Labute approximate surface area is 113 Å². The van der Waals surface area contributed by atoms with Crippen LogP contribution in [0.15, 0.2) is 17.5 Å². The predicted octanol–water partition coefficient (Wildman–Crippen LogP) is 2.04. The summed E-state index contributed by atoms with van der Waals surface area (Å²) in [5, 5.41) is 2.17. The first-order valence-corrected chi connectivity index (χ1v) is 7.71. The molecule has 1 spiro atoms. The molecule has 1 aromatic rings. The molecule has 0 bridgehead atoms. The molecule has 2 fully saturated rings. The number of nitrogens with zero attached hydrogens (tertiary/aromatic N) is 2. The van der Waals surface area contributed by atoms with Crippen LogP contribution >= 0.6 is 11.3 Å². The molecule has 0 aromatic carbocycles. The first kappa shape index (κ1) is 12.6. The maximum atomic E-state index is 6.15. The van der Waals surface area contributed by atoms with E-state index < -0.39 is 0 Å². The largest absolute Gasteiger partial charge is 0.371 e. The van der Waals surface area contributed by atoms with Crippen LogP contribution in [-0.4, -0.2) is 55.2 Å². The second-order valence-corrected chi connectivity index (χ2v) is 6.70. The fraction of sp³-hybridized carbons (Fsp3) is 0.714. The number of likely N-dealkylation sites (tertiary alicyclic amines) is 1. The van der Waals surface area contributed by atoms with Crippen molar-refractivity contribution < 1.29 is 4.74 Å². The predicted molar refractivity (Wildman–Crippen MR) is 75.0 cm³/mol. The Balaban J connectivity index is 1.64. The second kappa shape index (κ2) is 5.29. The van der Waals surface area contributed by atoms with Crippen LogP contribution < -0.4 is 0 Å². The number of ether oxygens (including phenoxy) is 1. The Bertz CT molecular complexity index is 377.